The number of aryl methyl sites for hydroxylation is 1. The summed E-state index contributed by atoms with van der Waals surface area (Å²) < 4.78 is 0. The number of nitrogens with zero attached hydrogens (tertiary/aromatic N) is 1. The van der Waals surface area contributed by atoms with Gasteiger partial charge in [-0.25, -0.2) is 0 Å². The van der Waals surface area contributed by atoms with Crippen LogP contribution in [0.2, 0.25) is 0 Å². The minimum Gasteiger partial charge on any atom is -0.329 e. The van der Waals surface area contributed by atoms with Crippen molar-refractivity contribution in [3.8, 4) is 0 Å². The Morgan fingerprint density at radius 3 is 3.00 bits per heavy atom. The maximum Gasteiger partial charge on any atom is 0.0567 e. The molecule has 0 amide bonds. The first-order chi connectivity index (χ1) is 7.72. The van der Waals surface area contributed by atoms with E-state index in [4.69, 9.17) is 5.73 Å². The number of hydrogen-bond acceptors (Lipinski definition) is 3. The highest BCUT2D eigenvalue weighted by molar-refractivity contribution is 7.10. The summed E-state index contributed by atoms with van der Waals surface area (Å²) in [5.41, 5.74) is 7.38. The topological polar surface area (TPSA) is 29.3 Å². The lowest BCUT2D eigenvalue weighted by Crippen LogP contribution is -2.40. The van der Waals surface area contributed by atoms with Crippen molar-refractivity contribution in [3.63, 3.8) is 0 Å². The molecule has 1 fully saturated rings. The van der Waals surface area contributed by atoms with Gasteiger partial charge in [0, 0.05) is 18.0 Å². The van der Waals surface area contributed by atoms with Crippen LogP contribution in [0.3, 0.4) is 0 Å². The molecule has 2 heterocycles. The molecule has 0 radical (unpaired) electrons. The van der Waals surface area contributed by atoms with Gasteiger partial charge in [0.05, 0.1) is 6.04 Å². The zero-order valence-corrected chi connectivity index (χ0v) is 11.1. The predicted molar refractivity (Wildman–Crippen MR) is 70.8 cm³/mol. The third kappa shape index (κ3) is 2.47. The summed E-state index contributed by atoms with van der Waals surface area (Å²) in [7, 11) is 0. The van der Waals surface area contributed by atoms with E-state index in [0.29, 0.717) is 6.04 Å². The molecule has 0 aliphatic carbocycles. The fourth-order valence-electron chi connectivity index (χ4n) is 2.66. The molecule has 3 heteroatoms. The highest BCUT2D eigenvalue weighted by atomic mass is 32.1. The summed E-state index contributed by atoms with van der Waals surface area (Å²) in [6, 6.07) is 2.65. The zero-order valence-electron chi connectivity index (χ0n) is 10.3. The quantitative estimate of drug-likeness (QED) is 0.877. The van der Waals surface area contributed by atoms with Crippen molar-refractivity contribution in [2.24, 2.45) is 11.7 Å². The van der Waals surface area contributed by atoms with Crippen molar-refractivity contribution in [3.05, 3.63) is 21.9 Å². The number of hydrogen-bond donors (Lipinski definition) is 1. The van der Waals surface area contributed by atoms with Crippen LogP contribution in [0.15, 0.2) is 11.4 Å². The van der Waals surface area contributed by atoms with Gasteiger partial charge < -0.3 is 5.73 Å². The molecule has 2 atom stereocenters. The first-order valence-corrected chi connectivity index (χ1v) is 7.08. The van der Waals surface area contributed by atoms with Crippen molar-refractivity contribution in [2.75, 3.05) is 19.6 Å². The van der Waals surface area contributed by atoms with Crippen LogP contribution in [-0.4, -0.2) is 24.5 Å². The van der Waals surface area contributed by atoms with Crippen molar-refractivity contribution in [2.45, 2.75) is 32.7 Å². The van der Waals surface area contributed by atoms with Gasteiger partial charge in [-0.2, -0.15) is 0 Å². The smallest absolute Gasteiger partial charge is 0.0567 e. The van der Waals surface area contributed by atoms with Gasteiger partial charge in [0.1, 0.15) is 0 Å². The van der Waals surface area contributed by atoms with Crippen LogP contribution >= 0.6 is 11.3 Å². The van der Waals surface area contributed by atoms with Crippen LogP contribution in [0.25, 0.3) is 0 Å². The normalized spacial score (nSPS) is 24.6. The van der Waals surface area contributed by atoms with Gasteiger partial charge in [-0.15, -0.1) is 11.3 Å². The van der Waals surface area contributed by atoms with Crippen molar-refractivity contribution in [1.29, 1.82) is 0 Å². The van der Waals surface area contributed by atoms with E-state index >= 15 is 0 Å². The van der Waals surface area contributed by atoms with Crippen molar-refractivity contribution < 1.29 is 0 Å². The number of nitrogens with two attached hydrogens (primary N) is 1. The molecule has 2 rings (SSSR count). The molecule has 1 aromatic rings. The van der Waals surface area contributed by atoms with Crippen LogP contribution < -0.4 is 5.73 Å². The van der Waals surface area contributed by atoms with Gasteiger partial charge in [-0.05, 0) is 49.2 Å². The Morgan fingerprint density at radius 2 is 2.44 bits per heavy atom. The molecule has 2 unspecified atom stereocenters. The fraction of sp³-hybridized carbons (Fsp3) is 0.692. The van der Waals surface area contributed by atoms with E-state index in [0.717, 1.165) is 12.5 Å². The van der Waals surface area contributed by atoms with Crippen LogP contribution in [0.1, 0.15) is 36.2 Å². The Bertz CT molecular complexity index is 334. The largest absolute Gasteiger partial charge is 0.329 e. The Hall–Kier alpha value is -0.380. The van der Waals surface area contributed by atoms with Crippen LogP contribution in [0.4, 0.5) is 0 Å². The summed E-state index contributed by atoms with van der Waals surface area (Å²) in [6.45, 7) is 7.71. The number of rotatable bonds is 3. The Morgan fingerprint density at radius 1 is 1.62 bits per heavy atom. The maximum absolute atomic E-state index is 5.97. The maximum atomic E-state index is 5.97. The van der Waals surface area contributed by atoms with Crippen LogP contribution in [0, 0.1) is 12.8 Å². The Kier molecular flexibility index (Phi) is 4.00. The third-order valence-electron chi connectivity index (χ3n) is 3.56. The highest BCUT2D eigenvalue weighted by Gasteiger charge is 2.25. The molecule has 16 heavy (non-hydrogen) atoms. The molecule has 90 valence electrons. The zero-order chi connectivity index (χ0) is 11.5. The summed E-state index contributed by atoms with van der Waals surface area (Å²) in [4.78, 5) is 4.05. The molecule has 1 aliphatic heterocycles. The molecule has 1 saturated heterocycles. The average molecular weight is 238 g/mol. The monoisotopic (exact) mass is 238 g/mol. The van der Waals surface area contributed by atoms with Crippen molar-refractivity contribution >= 4 is 11.3 Å². The number of piperidine rings is 1. The Labute approximate surface area is 102 Å². The van der Waals surface area contributed by atoms with E-state index in [9.17, 15) is 0 Å². The van der Waals surface area contributed by atoms with Crippen LogP contribution in [0.5, 0.6) is 0 Å². The van der Waals surface area contributed by atoms with E-state index in [-0.39, 0.29) is 0 Å². The fourth-order valence-corrected chi connectivity index (χ4v) is 3.73. The lowest BCUT2D eigenvalue weighted by atomic mass is 9.98. The minimum atomic E-state index is 0.447. The predicted octanol–water partition coefficient (Wildman–Crippen LogP) is 2.79. The second-order valence-electron chi connectivity index (χ2n) is 4.96. The SMILES string of the molecule is Cc1ccsc1C(CN)N1CCCC(C)C1. The lowest BCUT2D eigenvalue weighted by molar-refractivity contribution is 0.134. The molecule has 1 aliphatic rings. The third-order valence-corrected chi connectivity index (χ3v) is 4.68. The summed E-state index contributed by atoms with van der Waals surface area (Å²) in [5.74, 6) is 0.822. The molecule has 2 N–H and O–H groups in total. The second-order valence-corrected chi connectivity index (χ2v) is 5.91. The summed E-state index contributed by atoms with van der Waals surface area (Å²) >= 11 is 1.86. The molecule has 1 aromatic heterocycles. The molecule has 0 spiro atoms. The molecule has 0 saturated carbocycles. The minimum absolute atomic E-state index is 0.447. The highest BCUT2D eigenvalue weighted by Crippen LogP contribution is 2.31. The first kappa shape index (κ1) is 12.1. The molecule has 0 bridgehead atoms. The van der Waals surface area contributed by atoms with Gasteiger partial charge in [-0.1, -0.05) is 6.92 Å². The van der Waals surface area contributed by atoms with Crippen LogP contribution in [-0.2, 0) is 0 Å². The van der Waals surface area contributed by atoms with E-state index in [1.807, 2.05) is 11.3 Å². The molecule has 0 aromatic carbocycles. The second kappa shape index (κ2) is 5.30. The van der Waals surface area contributed by atoms with Gasteiger partial charge >= 0.3 is 0 Å². The first-order valence-electron chi connectivity index (χ1n) is 6.20. The average Bonchev–Trinajstić information content (AvgIpc) is 2.67. The lowest BCUT2D eigenvalue weighted by Gasteiger charge is -2.36. The van der Waals surface area contributed by atoms with Crippen molar-refractivity contribution in [1.82, 2.24) is 4.90 Å². The molecular weight excluding hydrogens is 216 g/mol. The molecular formula is C13H22N2S. The van der Waals surface area contributed by atoms with E-state index in [2.05, 4.69) is 30.2 Å². The summed E-state index contributed by atoms with van der Waals surface area (Å²) in [5, 5.41) is 2.18. The van der Waals surface area contributed by atoms with E-state index in [1.165, 1.54) is 36.4 Å². The Balaban J connectivity index is 2.13. The van der Waals surface area contributed by atoms with Gasteiger partial charge in [0.2, 0.25) is 0 Å². The van der Waals surface area contributed by atoms with Gasteiger partial charge in [0.15, 0.2) is 0 Å². The number of likely N-dealkylation sites (tertiary alicyclic amines) is 1. The number of thiophene rings is 1. The standard InChI is InChI=1S/C13H22N2S/c1-10-4-3-6-15(9-10)12(8-14)13-11(2)5-7-16-13/h5,7,10,12H,3-4,6,8-9,14H2,1-2H3. The molecule has 2 nitrogen and oxygen atoms in total. The van der Waals surface area contributed by atoms with E-state index in [1.54, 1.807) is 0 Å². The van der Waals surface area contributed by atoms with E-state index < -0.39 is 0 Å². The van der Waals surface area contributed by atoms with Gasteiger partial charge in [-0.3, -0.25) is 4.90 Å². The van der Waals surface area contributed by atoms with Gasteiger partial charge in [0.25, 0.3) is 0 Å². The summed E-state index contributed by atoms with van der Waals surface area (Å²) in [6.07, 6.45) is 2.69.